The average Bonchev–Trinajstić information content (AvgIpc) is 2.59. The van der Waals surface area contributed by atoms with E-state index in [1.807, 2.05) is 6.92 Å². The van der Waals surface area contributed by atoms with Crippen molar-refractivity contribution in [2.45, 2.75) is 19.8 Å². The fourth-order valence-corrected chi connectivity index (χ4v) is 2.13. The van der Waals surface area contributed by atoms with Crippen LogP contribution in [0, 0.1) is 10.6 Å². The van der Waals surface area contributed by atoms with E-state index in [1.54, 1.807) is 10.6 Å². The molecule has 0 bridgehead atoms. The Balaban J connectivity index is 2.59. The highest BCUT2D eigenvalue weighted by atomic mass is 35.5. The summed E-state index contributed by atoms with van der Waals surface area (Å²) in [5, 5.41) is 7.17. The van der Waals surface area contributed by atoms with Gasteiger partial charge in [-0.15, -0.1) is 0 Å². The van der Waals surface area contributed by atoms with E-state index in [4.69, 9.17) is 23.8 Å². The van der Waals surface area contributed by atoms with Crippen molar-refractivity contribution >= 4 is 23.8 Å². The molecule has 2 aromatic rings. The van der Waals surface area contributed by atoms with Crippen molar-refractivity contribution < 1.29 is 4.39 Å². The van der Waals surface area contributed by atoms with Gasteiger partial charge in [0.05, 0.1) is 5.69 Å². The predicted molar refractivity (Wildman–Crippen MR) is 67.7 cm³/mol. The smallest absolute Gasteiger partial charge is 0.199 e. The fourth-order valence-electron chi connectivity index (χ4n) is 1.66. The quantitative estimate of drug-likeness (QED) is 0.864. The third-order valence-electron chi connectivity index (χ3n) is 2.32. The molecule has 3 nitrogen and oxygen atoms in total. The van der Waals surface area contributed by atoms with Crippen molar-refractivity contribution in [3.8, 4) is 5.69 Å². The third kappa shape index (κ3) is 2.56. The summed E-state index contributed by atoms with van der Waals surface area (Å²) in [5.41, 5.74) is 0.595. The van der Waals surface area contributed by atoms with Gasteiger partial charge in [0.25, 0.3) is 0 Å². The number of aromatic nitrogens is 3. The van der Waals surface area contributed by atoms with Crippen molar-refractivity contribution in [3.05, 3.63) is 39.6 Å². The van der Waals surface area contributed by atoms with Crippen LogP contribution in [0.5, 0.6) is 0 Å². The Morgan fingerprint density at radius 3 is 2.88 bits per heavy atom. The van der Waals surface area contributed by atoms with Crippen LogP contribution in [-0.2, 0) is 6.42 Å². The standard InChI is InChI=1S/C11H11ClFN3S/c1-2-3-10-14-15-11(17)16(10)9-5-7(12)4-8(13)6-9/h4-6H,2-3H2,1H3,(H,15,17). The third-order valence-corrected chi connectivity index (χ3v) is 2.81. The molecule has 0 radical (unpaired) electrons. The van der Waals surface area contributed by atoms with E-state index in [0.29, 0.717) is 15.5 Å². The predicted octanol–water partition coefficient (Wildman–Crippen LogP) is 3.67. The van der Waals surface area contributed by atoms with E-state index >= 15 is 0 Å². The van der Waals surface area contributed by atoms with Crippen LogP contribution in [0.4, 0.5) is 4.39 Å². The van der Waals surface area contributed by atoms with E-state index < -0.39 is 5.82 Å². The maximum Gasteiger partial charge on any atom is 0.199 e. The summed E-state index contributed by atoms with van der Waals surface area (Å²) in [5.74, 6) is 0.386. The molecule has 0 aliphatic carbocycles. The average molecular weight is 272 g/mol. The summed E-state index contributed by atoms with van der Waals surface area (Å²) in [7, 11) is 0. The van der Waals surface area contributed by atoms with Gasteiger partial charge in [-0.1, -0.05) is 18.5 Å². The van der Waals surface area contributed by atoms with E-state index in [9.17, 15) is 4.39 Å². The van der Waals surface area contributed by atoms with Gasteiger partial charge in [-0.05, 0) is 36.8 Å². The minimum atomic E-state index is -0.391. The molecule has 0 saturated carbocycles. The van der Waals surface area contributed by atoms with Crippen LogP contribution >= 0.6 is 23.8 Å². The number of hydrogen-bond donors (Lipinski definition) is 1. The van der Waals surface area contributed by atoms with Crippen LogP contribution in [0.1, 0.15) is 19.2 Å². The van der Waals surface area contributed by atoms with Crippen molar-refractivity contribution in [2.24, 2.45) is 0 Å². The highest BCUT2D eigenvalue weighted by molar-refractivity contribution is 7.71. The molecule has 1 heterocycles. The van der Waals surface area contributed by atoms with Gasteiger partial charge >= 0.3 is 0 Å². The Morgan fingerprint density at radius 1 is 1.47 bits per heavy atom. The van der Waals surface area contributed by atoms with Gasteiger partial charge < -0.3 is 0 Å². The summed E-state index contributed by atoms with van der Waals surface area (Å²) in [6.45, 7) is 2.04. The summed E-state index contributed by atoms with van der Waals surface area (Å²) in [4.78, 5) is 0. The molecular formula is C11H11ClFN3S. The molecular weight excluding hydrogens is 261 g/mol. The largest absolute Gasteiger partial charge is 0.272 e. The molecule has 2 rings (SSSR count). The molecule has 0 saturated heterocycles. The lowest BCUT2D eigenvalue weighted by Gasteiger charge is -2.06. The lowest BCUT2D eigenvalue weighted by molar-refractivity contribution is 0.626. The van der Waals surface area contributed by atoms with E-state index in [2.05, 4.69) is 10.2 Å². The Bertz CT molecular complexity index is 570. The van der Waals surface area contributed by atoms with Crippen LogP contribution < -0.4 is 0 Å². The number of benzene rings is 1. The molecule has 0 spiro atoms. The van der Waals surface area contributed by atoms with Crippen molar-refractivity contribution in [3.63, 3.8) is 0 Å². The zero-order valence-electron chi connectivity index (χ0n) is 9.20. The minimum Gasteiger partial charge on any atom is -0.272 e. The maximum absolute atomic E-state index is 13.3. The number of hydrogen-bond acceptors (Lipinski definition) is 2. The van der Waals surface area contributed by atoms with Crippen LogP contribution in [0.15, 0.2) is 18.2 Å². The van der Waals surface area contributed by atoms with Gasteiger partial charge in [0.15, 0.2) is 4.77 Å². The minimum absolute atomic E-state index is 0.338. The molecule has 0 aliphatic rings. The zero-order chi connectivity index (χ0) is 12.4. The van der Waals surface area contributed by atoms with Crippen LogP contribution in [0.3, 0.4) is 0 Å². The number of rotatable bonds is 3. The van der Waals surface area contributed by atoms with Crippen LogP contribution in [0.2, 0.25) is 5.02 Å². The van der Waals surface area contributed by atoms with Crippen molar-refractivity contribution in [1.82, 2.24) is 14.8 Å². The molecule has 1 aromatic carbocycles. The highest BCUT2D eigenvalue weighted by Gasteiger charge is 2.09. The molecule has 0 unspecified atom stereocenters. The molecule has 90 valence electrons. The van der Waals surface area contributed by atoms with Crippen LogP contribution in [0.25, 0.3) is 5.69 Å². The number of H-pyrrole nitrogens is 1. The van der Waals surface area contributed by atoms with Gasteiger partial charge in [-0.3, -0.25) is 9.67 Å². The Morgan fingerprint density at radius 2 is 2.24 bits per heavy atom. The number of halogens is 2. The molecule has 0 fully saturated rings. The van der Waals surface area contributed by atoms with Gasteiger partial charge in [0, 0.05) is 11.4 Å². The SMILES string of the molecule is CCCc1n[nH]c(=S)n1-c1cc(F)cc(Cl)c1. The van der Waals surface area contributed by atoms with Crippen molar-refractivity contribution in [2.75, 3.05) is 0 Å². The van der Waals surface area contributed by atoms with Crippen molar-refractivity contribution in [1.29, 1.82) is 0 Å². The van der Waals surface area contributed by atoms with E-state index in [0.717, 1.165) is 18.7 Å². The Hall–Kier alpha value is -1.20. The van der Waals surface area contributed by atoms with Gasteiger partial charge in [-0.25, -0.2) is 4.39 Å². The summed E-state index contributed by atoms with van der Waals surface area (Å²) >= 11 is 11.0. The molecule has 1 N–H and O–H groups in total. The lowest BCUT2D eigenvalue weighted by atomic mass is 10.2. The Labute approximate surface area is 108 Å². The number of nitrogens with one attached hydrogen (secondary N) is 1. The Kier molecular flexibility index (Phi) is 3.59. The maximum atomic E-state index is 13.3. The normalized spacial score (nSPS) is 10.8. The second-order valence-electron chi connectivity index (χ2n) is 3.66. The molecule has 0 aliphatic heterocycles. The molecule has 0 amide bonds. The molecule has 6 heteroatoms. The second kappa shape index (κ2) is 4.98. The number of aryl methyl sites for hydroxylation is 1. The topological polar surface area (TPSA) is 33.6 Å². The number of aromatic amines is 1. The first-order valence-corrected chi connectivity index (χ1v) is 6.03. The highest BCUT2D eigenvalue weighted by Crippen LogP contribution is 2.19. The first-order valence-electron chi connectivity index (χ1n) is 5.24. The van der Waals surface area contributed by atoms with E-state index in [-0.39, 0.29) is 0 Å². The van der Waals surface area contributed by atoms with E-state index in [1.165, 1.54) is 12.1 Å². The summed E-state index contributed by atoms with van der Waals surface area (Å²) in [6.07, 6.45) is 1.70. The van der Waals surface area contributed by atoms with Gasteiger partial charge in [0.1, 0.15) is 11.6 Å². The second-order valence-corrected chi connectivity index (χ2v) is 4.48. The first-order chi connectivity index (χ1) is 8.11. The fraction of sp³-hybridized carbons (Fsp3) is 0.273. The number of nitrogens with zero attached hydrogens (tertiary/aromatic N) is 2. The monoisotopic (exact) mass is 271 g/mol. The lowest BCUT2D eigenvalue weighted by Crippen LogP contribution is -2.01. The van der Waals surface area contributed by atoms with Gasteiger partial charge in [-0.2, -0.15) is 5.10 Å². The zero-order valence-corrected chi connectivity index (χ0v) is 10.8. The van der Waals surface area contributed by atoms with Gasteiger partial charge in [0.2, 0.25) is 0 Å². The van der Waals surface area contributed by atoms with Crippen LogP contribution in [-0.4, -0.2) is 14.8 Å². The molecule has 17 heavy (non-hydrogen) atoms. The molecule has 1 aromatic heterocycles. The molecule has 0 atom stereocenters. The summed E-state index contributed by atoms with van der Waals surface area (Å²) in [6, 6.07) is 4.31. The summed E-state index contributed by atoms with van der Waals surface area (Å²) < 4.78 is 15.4. The first kappa shape index (κ1) is 12.3.